The van der Waals surface area contributed by atoms with Gasteiger partial charge in [0.25, 0.3) is 0 Å². The van der Waals surface area contributed by atoms with Gasteiger partial charge < -0.3 is 10.2 Å². The van der Waals surface area contributed by atoms with Gasteiger partial charge in [0, 0.05) is 5.56 Å². The van der Waals surface area contributed by atoms with Crippen LogP contribution in [0.1, 0.15) is 16.9 Å². The van der Waals surface area contributed by atoms with Crippen LogP contribution >= 0.6 is 11.3 Å². The Kier molecular flexibility index (Phi) is 3.33. The molecule has 0 unspecified atom stereocenters. The van der Waals surface area contributed by atoms with Crippen LogP contribution in [0.5, 0.6) is 0 Å². The molecule has 2 aromatic rings. The number of benzene rings is 1. The Morgan fingerprint density at radius 1 is 1.06 bits per heavy atom. The normalized spacial score (nSPS) is 12.1. The van der Waals surface area contributed by atoms with Crippen molar-refractivity contribution in [2.45, 2.75) is 12.5 Å². The van der Waals surface area contributed by atoms with Crippen molar-refractivity contribution in [2.75, 3.05) is 0 Å². The highest BCUT2D eigenvalue weighted by atomic mass is 32.1. The Morgan fingerprint density at radius 3 is 2.11 bits per heavy atom. The molecule has 1 aromatic heterocycles. The molecule has 2 N–H and O–H groups in total. The summed E-state index contributed by atoms with van der Waals surface area (Å²) in [7, 11) is 0. The van der Waals surface area contributed by atoms with Crippen LogP contribution in [0, 0.1) is 0 Å². The molecule has 0 saturated carbocycles. The molecule has 0 atom stereocenters. The highest BCUT2D eigenvalue weighted by Crippen LogP contribution is 2.32. The maximum atomic E-state index is 12.3. The summed E-state index contributed by atoms with van der Waals surface area (Å²) in [5.74, 6) is 0. The second-order valence-electron chi connectivity index (χ2n) is 3.39. The Morgan fingerprint density at radius 2 is 1.67 bits per heavy atom. The first-order valence-electron chi connectivity index (χ1n) is 4.75. The average Bonchev–Trinajstić information content (AvgIpc) is 2.77. The molecule has 0 saturated heterocycles. The molecular weight excluding hydrogens is 269 g/mol. The van der Waals surface area contributed by atoms with Crippen LogP contribution < -0.4 is 0 Å². The van der Waals surface area contributed by atoms with E-state index in [0.717, 1.165) is 23.5 Å². The van der Waals surface area contributed by atoms with Gasteiger partial charge in [0.2, 0.25) is 6.29 Å². The van der Waals surface area contributed by atoms with Gasteiger partial charge in [-0.25, -0.2) is 0 Å². The minimum atomic E-state index is -4.38. The summed E-state index contributed by atoms with van der Waals surface area (Å²) >= 11 is 0.904. The lowest BCUT2D eigenvalue weighted by atomic mass is 10.1. The van der Waals surface area contributed by atoms with Crippen molar-refractivity contribution in [1.82, 2.24) is 10.2 Å². The number of aromatic nitrogens is 2. The summed E-state index contributed by atoms with van der Waals surface area (Å²) in [5.41, 5.74) is -0.314. The van der Waals surface area contributed by atoms with Crippen molar-refractivity contribution in [2.24, 2.45) is 0 Å². The van der Waals surface area contributed by atoms with Crippen molar-refractivity contribution >= 4 is 11.3 Å². The van der Waals surface area contributed by atoms with Gasteiger partial charge in [-0.05, 0) is 12.1 Å². The van der Waals surface area contributed by atoms with E-state index in [1.165, 1.54) is 12.1 Å². The van der Waals surface area contributed by atoms with Crippen LogP contribution in [0.15, 0.2) is 24.3 Å². The van der Waals surface area contributed by atoms with Crippen LogP contribution in [0.25, 0.3) is 10.6 Å². The third-order valence-electron chi connectivity index (χ3n) is 2.12. The van der Waals surface area contributed by atoms with Crippen molar-refractivity contribution < 1.29 is 23.4 Å². The van der Waals surface area contributed by atoms with Gasteiger partial charge in [-0.3, -0.25) is 0 Å². The molecule has 0 aliphatic rings. The summed E-state index contributed by atoms with van der Waals surface area (Å²) in [4.78, 5) is 0. The summed E-state index contributed by atoms with van der Waals surface area (Å²) < 4.78 is 37.0. The molecule has 1 heterocycles. The van der Waals surface area contributed by atoms with Crippen LogP contribution in [0.3, 0.4) is 0 Å². The summed E-state index contributed by atoms with van der Waals surface area (Å²) in [5, 5.41) is 25.2. The zero-order valence-electron chi connectivity index (χ0n) is 8.72. The topological polar surface area (TPSA) is 66.2 Å². The van der Waals surface area contributed by atoms with Gasteiger partial charge in [-0.2, -0.15) is 13.2 Å². The Bertz CT molecular complexity index is 537. The van der Waals surface area contributed by atoms with Crippen molar-refractivity contribution in [3.05, 3.63) is 34.8 Å². The molecule has 0 amide bonds. The van der Waals surface area contributed by atoms with Gasteiger partial charge in [-0.1, -0.05) is 23.5 Å². The number of halogens is 3. The fraction of sp³-hybridized carbons (Fsp3) is 0.200. The lowest BCUT2D eigenvalue weighted by molar-refractivity contribution is -0.137. The number of rotatable bonds is 2. The Labute approximate surface area is 103 Å². The molecule has 4 nitrogen and oxygen atoms in total. The molecule has 0 aliphatic heterocycles. The summed E-state index contributed by atoms with van der Waals surface area (Å²) in [6.45, 7) is 0. The van der Waals surface area contributed by atoms with E-state index < -0.39 is 18.0 Å². The third-order valence-corrected chi connectivity index (χ3v) is 3.13. The van der Waals surface area contributed by atoms with Crippen LogP contribution in [-0.2, 0) is 6.18 Å². The van der Waals surface area contributed by atoms with Crippen molar-refractivity contribution in [3.8, 4) is 10.6 Å². The van der Waals surface area contributed by atoms with E-state index in [0.29, 0.717) is 10.6 Å². The van der Waals surface area contributed by atoms with Crippen LogP contribution in [0.2, 0.25) is 0 Å². The first-order valence-corrected chi connectivity index (χ1v) is 5.57. The molecule has 8 heteroatoms. The third kappa shape index (κ3) is 2.66. The molecule has 1 aromatic carbocycles. The highest BCUT2D eigenvalue weighted by Gasteiger charge is 2.30. The van der Waals surface area contributed by atoms with E-state index >= 15 is 0 Å². The zero-order chi connectivity index (χ0) is 13.3. The lowest BCUT2D eigenvalue weighted by Crippen LogP contribution is -2.03. The van der Waals surface area contributed by atoms with E-state index in [1.54, 1.807) is 0 Å². The maximum Gasteiger partial charge on any atom is 0.416 e. The van der Waals surface area contributed by atoms with Gasteiger partial charge in [0.1, 0.15) is 5.01 Å². The fourth-order valence-electron chi connectivity index (χ4n) is 1.26. The molecule has 18 heavy (non-hydrogen) atoms. The van der Waals surface area contributed by atoms with Crippen LogP contribution in [0.4, 0.5) is 13.2 Å². The molecule has 0 bridgehead atoms. The monoisotopic (exact) mass is 276 g/mol. The molecule has 0 radical (unpaired) electrons. The Balaban J connectivity index is 2.29. The van der Waals surface area contributed by atoms with E-state index in [-0.39, 0.29) is 5.01 Å². The standard InChI is InChI=1S/C10H7F3N2O2S/c11-10(12,13)6-3-1-5(2-4-6)7-14-15-8(18-7)9(16)17/h1-4,9,16-17H. The first kappa shape index (κ1) is 12.9. The number of hydrogen-bond acceptors (Lipinski definition) is 5. The average molecular weight is 276 g/mol. The van der Waals surface area contributed by atoms with Gasteiger partial charge in [0.05, 0.1) is 5.56 Å². The van der Waals surface area contributed by atoms with Crippen LogP contribution in [-0.4, -0.2) is 20.4 Å². The zero-order valence-corrected chi connectivity index (χ0v) is 9.53. The van der Waals surface area contributed by atoms with E-state index in [1.807, 2.05) is 0 Å². The number of aliphatic hydroxyl groups is 2. The summed E-state index contributed by atoms with van der Waals surface area (Å²) in [6, 6.07) is 4.39. The van der Waals surface area contributed by atoms with Gasteiger partial charge >= 0.3 is 6.18 Å². The SMILES string of the molecule is OC(O)c1nnc(-c2ccc(C(F)(F)F)cc2)s1. The predicted molar refractivity (Wildman–Crippen MR) is 57.5 cm³/mol. The highest BCUT2D eigenvalue weighted by molar-refractivity contribution is 7.14. The molecule has 0 aliphatic carbocycles. The second-order valence-corrected chi connectivity index (χ2v) is 4.40. The van der Waals surface area contributed by atoms with Crippen molar-refractivity contribution in [1.29, 1.82) is 0 Å². The number of alkyl halides is 3. The quantitative estimate of drug-likeness (QED) is 0.825. The molecule has 96 valence electrons. The first-order chi connectivity index (χ1) is 8.38. The molecule has 0 fully saturated rings. The summed E-state index contributed by atoms with van der Waals surface area (Å²) in [6.07, 6.45) is -6.11. The van der Waals surface area contributed by atoms with E-state index in [2.05, 4.69) is 10.2 Å². The number of nitrogens with zero attached hydrogens (tertiary/aromatic N) is 2. The predicted octanol–water partition coefficient (Wildman–Crippen LogP) is 2.21. The van der Waals surface area contributed by atoms with Gasteiger partial charge in [-0.15, -0.1) is 10.2 Å². The maximum absolute atomic E-state index is 12.3. The van der Waals surface area contributed by atoms with Crippen molar-refractivity contribution in [3.63, 3.8) is 0 Å². The van der Waals surface area contributed by atoms with E-state index in [9.17, 15) is 13.2 Å². The minimum Gasteiger partial charge on any atom is -0.362 e. The van der Waals surface area contributed by atoms with E-state index in [4.69, 9.17) is 10.2 Å². The second kappa shape index (κ2) is 4.63. The molecule has 0 spiro atoms. The molecular formula is C10H7F3N2O2S. The minimum absolute atomic E-state index is 0.00935. The lowest BCUT2D eigenvalue weighted by Gasteiger charge is -2.06. The Hall–Kier alpha value is -1.51. The largest absolute Gasteiger partial charge is 0.416 e. The number of aliphatic hydroxyl groups excluding tert-OH is 1. The number of hydrogen-bond donors (Lipinski definition) is 2. The fourth-order valence-corrected chi connectivity index (χ4v) is 1.98. The molecule has 2 rings (SSSR count). The smallest absolute Gasteiger partial charge is 0.362 e. The van der Waals surface area contributed by atoms with Gasteiger partial charge in [0.15, 0.2) is 5.01 Å².